The summed E-state index contributed by atoms with van der Waals surface area (Å²) in [5, 5.41) is 3.30. The van der Waals surface area contributed by atoms with E-state index in [0.29, 0.717) is 6.54 Å². The molecule has 0 bridgehead atoms. The second-order valence-corrected chi connectivity index (χ2v) is 4.49. The van der Waals surface area contributed by atoms with E-state index >= 15 is 0 Å². The van der Waals surface area contributed by atoms with E-state index < -0.39 is 0 Å². The van der Waals surface area contributed by atoms with Gasteiger partial charge in [-0.1, -0.05) is 25.1 Å². The molecule has 0 heterocycles. The van der Waals surface area contributed by atoms with Crippen LogP contribution in [-0.4, -0.2) is 6.54 Å². The zero-order valence-electron chi connectivity index (χ0n) is 10.9. The zero-order chi connectivity index (χ0) is 13.7. The standard InChI is InChI=1S/C16H17F2N/c1-2-9-19-11-13-5-8-15(18)10-16(13)12-3-6-14(17)7-4-12/h3-8,10,19H,2,9,11H2,1H3. The van der Waals surface area contributed by atoms with Crippen molar-refractivity contribution in [3.05, 3.63) is 59.7 Å². The number of rotatable bonds is 5. The molecule has 0 fully saturated rings. The van der Waals surface area contributed by atoms with Crippen molar-refractivity contribution in [3.63, 3.8) is 0 Å². The number of nitrogens with one attached hydrogen (secondary N) is 1. The molecule has 2 aromatic rings. The Kier molecular flexibility index (Phi) is 4.63. The Labute approximate surface area is 112 Å². The largest absolute Gasteiger partial charge is 0.313 e. The molecule has 0 unspecified atom stereocenters. The van der Waals surface area contributed by atoms with Gasteiger partial charge in [0.15, 0.2) is 0 Å². The van der Waals surface area contributed by atoms with E-state index in [1.807, 2.05) is 0 Å². The quantitative estimate of drug-likeness (QED) is 0.798. The van der Waals surface area contributed by atoms with E-state index in [0.717, 1.165) is 29.7 Å². The van der Waals surface area contributed by atoms with Crippen LogP contribution >= 0.6 is 0 Å². The van der Waals surface area contributed by atoms with Crippen molar-refractivity contribution in [1.82, 2.24) is 5.32 Å². The number of hydrogen-bond acceptors (Lipinski definition) is 1. The third kappa shape index (κ3) is 3.61. The third-order valence-corrected chi connectivity index (χ3v) is 2.97. The molecule has 0 spiro atoms. The predicted molar refractivity (Wildman–Crippen MR) is 73.8 cm³/mol. The van der Waals surface area contributed by atoms with Crippen molar-refractivity contribution in [2.45, 2.75) is 19.9 Å². The van der Waals surface area contributed by atoms with Gasteiger partial charge in [-0.25, -0.2) is 8.78 Å². The van der Waals surface area contributed by atoms with Crippen LogP contribution in [-0.2, 0) is 6.54 Å². The van der Waals surface area contributed by atoms with Gasteiger partial charge in [0.05, 0.1) is 0 Å². The van der Waals surface area contributed by atoms with Gasteiger partial charge in [0, 0.05) is 6.54 Å². The summed E-state index contributed by atoms with van der Waals surface area (Å²) < 4.78 is 26.4. The van der Waals surface area contributed by atoms with E-state index in [-0.39, 0.29) is 11.6 Å². The summed E-state index contributed by atoms with van der Waals surface area (Å²) in [6.07, 6.45) is 1.05. The molecule has 0 saturated heterocycles. The van der Waals surface area contributed by atoms with Crippen LogP contribution in [0.25, 0.3) is 11.1 Å². The zero-order valence-corrected chi connectivity index (χ0v) is 10.9. The average molecular weight is 261 g/mol. The Morgan fingerprint density at radius 1 is 0.947 bits per heavy atom. The van der Waals surface area contributed by atoms with Gasteiger partial charge in [-0.15, -0.1) is 0 Å². The van der Waals surface area contributed by atoms with Gasteiger partial charge < -0.3 is 5.32 Å². The summed E-state index contributed by atoms with van der Waals surface area (Å²) in [6, 6.07) is 10.9. The van der Waals surface area contributed by atoms with Gasteiger partial charge in [0.1, 0.15) is 11.6 Å². The highest BCUT2D eigenvalue weighted by Crippen LogP contribution is 2.25. The molecule has 0 saturated carbocycles. The Morgan fingerprint density at radius 3 is 2.32 bits per heavy atom. The summed E-state index contributed by atoms with van der Waals surface area (Å²) in [5.41, 5.74) is 2.65. The maximum Gasteiger partial charge on any atom is 0.123 e. The summed E-state index contributed by atoms with van der Waals surface area (Å²) in [6.45, 7) is 3.69. The van der Waals surface area contributed by atoms with Gasteiger partial charge in [0.2, 0.25) is 0 Å². The SMILES string of the molecule is CCCNCc1ccc(F)cc1-c1ccc(F)cc1. The van der Waals surface area contributed by atoms with Crippen molar-refractivity contribution in [2.75, 3.05) is 6.54 Å². The van der Waals surface area contributed by atoms with Crippen molar-refractivity contribution in [2.24, 2.45) is 0 Å². The highest BCUT2D eigenvalue weighted by molar-refractivity contribution is 5.67. The fourth-order valence-corrected chi connectivity index (χ4v) is 2.00. The van der Waals surface area contributed by atoms with E-state index in [1.54, 1.807) is 18.2 Å². The van der Waals surface area contributed by atoms with E-state index in [9.17, 15) is 8.78 Å². The average Bonchev–Trinajstić information content (AvgIpc) is 2.41. The lowest BCUT2D eigenvalue weighted by molar-refractivity contribution is 0.625. The Morgan fingerprint density at radius 2 is 1.63 bits per heavy atom. The first-order valence-corrected chi connectivity index (χ1v) is 6.46. The Hall–Kier alpha value is -1.74. The maximum absolute atomic E-state index is 13.4. The fourth-order valence-electron chi connectivity index (χ4n) is 2.00. The highest BCUT2D eigenvalue weighted by atomic mass is 19.1. The van der Waals surface area contributed by atoms with Crippen molar-refractivity contribution in [3.8, 4) is 11.1 Å². The molecule has 0 amide bonds. The minimum absolute atomic E-state index is 0.279. The van der Waals surface area contributed by atoms with Crippen molar-refractivity contribution < 1.29 is 8.78 Å². The topological polar surface area (TPSA) is 12.0 Å². The van der Waals surface area contributed by atoms with E-state index in [1.165, 1.54) is 24.3 Å². The first-order valence-electron chi connectivity index (χ1n) is 6.46. The van der Waals surface area contributed by atoms with Gasteiger partial charge in [-0.05, 0) is 53.9 Å². The van der Waals surface area contributed by atoms with Crippen LogP contribution in [0.1, 0.15) is 18.9 Å². The van der Waals surface area contributed by atoms with Crippen LogP contribution in [0.15, 0.2) is 42.5 Å². The molecule has 0 aliphatic carbocycles. The smallest absolute Gasteiger partial charge is 0.123 e. The summed E-state index contributed by atoms with van der Waals surface area (Å²) in [4.78, 5) is 0. The highest BCUT2D eigenvalue weighted by Gasteiger charge is 2.06. The van der Waals surface area contributed by atoms with Crippen molar-refractivity contribution >= 4 is 0 Å². The van der Waals surface area contributed by atoms with Gasteiger partial charge >= 0.3 is 0 Å². The Bertz CT molecular complexity index is 535. The lowest BCUT2D eigenvalue weighted by Crippen LogP contribution is -2.14. The van der Waals surface area contributed by atoms with E-state index in [2.05, 4.69) is 12.2 Å². The van der Waals surface area contributed by atoms with Gasteiger partial charge in [-0.3, -0.25) is 0 Å². The monoisotopic (exact) mass is 261 g/mol. The third-order valence-electron chi connectivity index (χ3n) is 2.97. The normalized spacial score (nSPS) is 10.7. The summed E-state index contributed by atoms with van der Waals surface area (Å²) in [7, 11) is 0. The molecule has 2 rings (SSSR count). The second kappa shape index (κ2) is 6.43. The van der Waals surface area contributed by atoms with Crippen LogP contribution < -0.4 is 5.32 Å². The molecule has 100 valence electrons. The summed E-state index contributed by atoms with van der Waals surface area (Å²) in [5.74, 6) is -0.565. The van der Waals surface area contributed by atoms with Crippen LogP contribution in [0.3, 0.4) is 0 Å². The molecule has 19 heavy (non-hydrogen) atoms. The number of benzene rings is 2. The molecular formula is C16H17F2N. The van der Waals surface area contributed by atoms with Crippen LogP contribution in [0.4, 0.5) is 8.78 Å². The lowest BCUT2D eigenvalue weighted by atomic mass is 9.99. The van der Waals surface area contributed by atoms with Crippen LogP contribution in [0.5, 0.6) is 0 Å². The molecule has 0 radical (unpaired) electrons. The molecule has 2 aromatic carbocycles. The maximum atomic E-state index is 13.4. The number of halogens is 2. The lowest BCUT2D eigenvalue weighted by Gasteiger charge is -2.11. The predicted octanol–water partition coefficient (Wildman–Crippen LogP) is 4.13. The fraction of sp³-hybridized carbons (Fsp3) is 0.250. The van der Waals surface area contributed by atoms with E-state index in [4.69, 9.17) is 0 Å². The Balaban J connectivity index is 2.31. The second-order valence-electron chi connectivity index (χ2n) is 4.49. The molecule has 1 nitrogen and oxygen atoms in total. The molecule has 3 heteroatoms. The molecular weight excluding hydrogens is 244 g/mol. The van der Waals surface area contributed by atoms with Crippen LogP contribution in [0.2, 0.25) is 0 Å². The van der Waals surface area contributed by atoms with Gasteiger partial charge in [0.25, 0.3) is 0 Å². The van der Waals surface area contributed by atoms with Gasteiger partial charge in [-0.2, -0.15) is 0 Å². The first kappa shape index (κ1) is 13.7. The molecule has 0 aromatic heterocycles. The van der Waals surface area contributed by atoms with Crippen LogP contribution in [0, 0.1) is 11.6 Å². The van der Waals surface area contributed by atoms with Crippen molar-refractivity contribution in [1.29, 1.82) is 0 Å². The summed E-state index contributed by atoms with van der Waals surface area (Å²) >= 11 is 0. The number of hydrogen-bond donors (Lipinski definition) is 1. The molecule has 0 aliphatic rings. The minimum atomic E-state index is -0.286. The molecule has 0 aliphatic heterocycles. The molecule has 0 atom stereocenters. The minimum Gasteiger partial charge on any atom is -0.313 e. The first-order chi connectivity index (χ1) is 9.20. The molecule has 1 N–H and O–H groups in total.